The number of aliphatic hydroxyl groups excluding tert-OH is 1. The second kappa shape index (κ2) is 10.2. The Morgan fingerprint density at radius 3 is 2.30 bits per heavy atom. The quantitative estimate of drug-likeness (QED) is 0.522. The molecule has 0 fully saturated rings. The topological polar surface area (TPSA) is 20.2 Å². The lowest BCUT2D eigenvalue weighted by atomic mass is 10.0. The Hall–Kier alpha value is -0.600. The molecular weight excluding hydrogens is 275 g/mol. The van der Waals surface area contributed by atoms with E-state index in [2.05, 4.69) is 6.92 Å². The van der Waals surface area contributed by atoms with E-state index in [1.807, 2.05) is 0 Å². The normalized spacial score (nSPS) is 12.6. The van der Waals surface area contributed by atoms with Crippen molar-refractivity contribution in [1.82, 2.24) is 0 Å². The van der Waals surface area contributed by atoms with Gasteiger partial charge < -0.3 is 5.11 Å². The van der Waals surface area contributed by atoms with Gasteiger partial charge in [0.1, 0.15) is 5.82 Å². The van der Waals surface area contributed by atoms with Crippen molar-refractivity contribution in [2.24, 2.45) is 0 Å². The third-order valence-electron chi connectivity index (χ3n) is 3.67. The summed E-state index contributed by atoms with van der Waals surface area (Å²) in [5.74, 6) is -0.459. The van der Waals surface area contributed by atoms with Crippen LogP contribution >= 0.6 is 11.6 Å². The minimum Gasteiger partial charge on any atom is -0.388 e. The number of rotatable bonds is 10. The lowest BCUT2D eigenvalue weighted by molar-refractivity contribution is 0.163. The molecule has 1 nitrogen and oxygen atoms in total. The van der Waals surface area contributed by atoms with Gasteiger partial charge in [-0.3, -0.25) is 0 Å². The molecule has 1 aromatic carbocycles. The number of unbranched alkanes of at least 4 members (excludes halogenated alkanes) is 7. The highest BCUT2D eigenvalue weighted by molar-refractivity contribution is 6.31. The Balaban J connectivity index is 2.17. The van der Waals surface area contributed by atoms with Crippen LogP contribution in [0.1, 0.15) is 76.4 Å². The van der Waals surface area contributed by atoms with Gasteiger partial charge in [0.05, 0.1) is 11.1 Å². The predicted octanol–water partition coefficient (Wildman–Crippen LogP) is 6.04. The molecule has 20 heavy (non-hydrogen) atoms. The number of hydrogen-bond donors (Lipinski definition) is 1. The summed E-state index contributed by atoms with van der Waals surface area (Å²) in [5.41, 5.74) is 0.509. The fourth-order valence-electron chi connectivity index (χ4n) is 2.40. The van der Waals surface area contributed by atoms with Crippen LogP contribution in [0.3, 0.4) is 0 Å². The van der Waals surface area contributed by atoms with Gasteiger partial charge in [-0.2, -0.15) is 0 Å². The van der Waals surface area contributed by atoms with Crippen molar-refractivity contribution in [2.45, 2.75) is 70.8 Å². The van der Waals surface area contributed by atoms with Crippen LogP contribution < -0.4 is 0 Å². The molecule has 0 amide bonds. The van der Waals surface area contributed by atoms with Crippen LogP contribution in [0.4, 0.5) is 4.39 Å². The summed E-state index contributed by atoms with van der Waals surface area (Å²) in [6.45, 7) is 2.22. The van der Waals surface area contributed by atoms with Crippen LogP contribution in [0.25, 0.3) is 0 Å². The van der Waals surface area contributed by atoms with Crippen LogP contribution in [0, 0.1) is 5.82 Å². The van der Waals surface area contributed by atoms with E-state index < -0.39 is 11.9 Å². The molecule has 1 N–H and O–H groups in total. The zero-order valence-corrected chi connectivity index (χ0v) is 13.1. The molecule has 0 bridgehead atoms. The third-order valence-corrected chi connectivity index (χ3v) is 4.07. The van der Waals surface area contributed by atoms with Crippen molar-refractivity contribution < 1.29 is 9.50 Å². The highest BCUT2D eigenvalue weighted by Gasteiger charge is 2.13. The number of aliphatic hydroxyl groups is 1. The first-order chi connectivity index (χ1) is 9.66. The zero-order chi connectivity index (χ0) is 14.8. The summed E-state index contributed by atoms with van der Waals surface area (Å²) < 4.78 is 13.3. The van der Waals surface area contributed by atoms with Gasteiger partial charge in [0.25, 0.3) is 0 Å². The summed E-state index contributed by atoms with van der Waals surface area (Å²) in [4.78, 5) is 0. The van der Waals surface area contributed by atoms with E-state index in [9.17, 15) is 9.50 Å². The average Bonchev–Trinajstić information content (AvgIpc) is 2.44. The van der Waals surface area contributed by atoms with Crippen LogP contribution in [-0.4, -0.2) is 5.11 Å². The molecule has 0 aliphatic heterocycles. The van der Waals surface area contributed by atoms with Gasteiger partial charge in [-0.05, 0) is 12.5 Å². The molecule has 0 saturated heterocycles. The maximum absolute atomic E-state index is 13.3. The van der Waals surface area contributed by atoms with Crippen molar-refractivity contribution in [3.63, 3.8) is 0 Å². The number of benzene rings is 1. The fraction of sp³-hybridized carbons (Fsp3) is 0.647. The van der Waals surface area contributed by atoms with E-state index in [-0.39, 0.29) is 5.02 Å². The molecule has 3 heteroatoms. The maximum atomic E-state index is 13.3. The van der Waals surface area contributed by atoms with Crippen molar-refractivity contribution in [1.29, 1.82) is 0 Å². The zero-order valence-electron chi connectivity index (χ0n) is 12.4. The van der Waals surface area contributed by atoms with Crippen molar-refractivity contribution in [3.05, 3.63) is 34.6 Å². The molecule has 0 spiro atoms. The predicted molar refractivity (Wildman–Crippen MR) is 83.6 cm³/mol. The molecular formula is C17H26ClFO. The Morgan fingerprint density at radius 1 is 1.05 bits per heavy atom. The van der Waals surface area contributed by atoms with E-state index in [1.165, 1.54) is 44.6 Å². The molecule has 0 aromatic heterocycles. The van der Waals surface area contributed by atoms with Crippen LogP contribution in [0.15, 0.2) is 18.2 Å². The van der Waals surface area contributed by atoms with E-state index in [0.29, 0.717) is 12.0 Å². The molecule has 1 rings (SSSR count). The standard InChI is InChI=1S/C17H26ClFO/c1-2-3-4-5-6-7-8-9-13-16(20)14-11-10-12-15(19)17(14)18/h10-12,16,20H,2-9,13H2,1H3. The van der Waals surface area contributed by atoms with Gasteiger partial charge in [0.15, 0.2) is 0 Å². The molecule has 0 heterocycles. The van der Waals surface area contributed by atoms with Gasteiger partial charge in [-0.15, -0.1) is 0 Å². The summed E-state index contributed by atoms with van der Waals surface area (Å²) in [6.07, 6.45) is 9.82. The lowest BCUT2D eigenvalue weighted by Crippen LogP contribution is -1.99. The van der Waals surface area contributed by atoms with Crippen LogP contribution in [-0.2, 0) is 0 Å². The van der Waals surface area contributed by atoms with Crippen molar-refractivity contribution >= 4 is 11.6 Å². The van der Waals surface area contributed by atoms with E-state index in [1.54, 1.807) is 12.1 Å². The van der Waals surface area contributed by atoms with Crippen LogP contribution in [0.2, 0.25) is 5.02 Å². The van der Waals surface area contributed by atoms with Gasteiger partial charge >= 0.3 is 0 Å². The van der Waals surface area contributed by atoms with E-state index in [0.717, 1.165) is 12.8 Å². The molecule has 0 aliphatic carbocycles. The molecule has 0 saturated carbocycles. The minimum atomic E-state index is -0.654. The van der Waals surface area contributed by atoms with Gasteiger partial charge in [0.2, 0.25) is 0 Å². The third kappa shape index (κ3) is 6.23. The maximum Gasteiger partial charge on any atom is 0.142 e. The highest BCUT2D eigenvalue weighted by Crippen LogP contribution is 2.28. The van der Waals surface area contributed by atoms with E-state index in [4.69, 9.17) is 11.6 Å². The average molecular weight is 301 g/mol. The van der Waals surface area contributed by atoms with Gasteiger partial charge in [-0.25, -0.2) is 4.39 Å². The lowest BCUT2D eigenvalue weighted by Gasteiger charge is -2.12. The van der Waals surface area contributed by atoms with Gasteiger partial charge in [-0.1, -0.05) is 82.0 Å². The molecule has 1 aromatic rings. The second-order valence-electron chi connectivity index (χ2n) is 5.42. The second-order valence-corrected chi connectivity index (χ2v) is 5.80. The summed E-state index contributed by atoms with van der Waals surface area (Å²) in [7, 11) is 0. The minimum absolute atomic E-state index is 0.0552. The molecule has 0 radical (unpaired) electrons. The Labute approximate surface area is 127 Å². The number of hydrogen-bond acceptors (Lipinski definition) is 1. The molecule has 0 aliphatic rings. The number of halogens is 2. The fourth-order valence-corrected chi connectivity index (χ4v) is 2.66. The smallest absolute Gasteiger partial charge is 0.142 e. The molecule has 1 unspecified atom stereocenters. The molecule has 114 valence electrons. The Bertz CT molecular complexity index is 381. The van der Waals surface area contributed by atoms with Crippen LogP contribution in [0.5, 0.6) is 0 Å². The van der Waals surface area contributed by atoms with Gasteiger partial charge in [0, 0.05) is 5.56 Å². The molecule has 1 atom stereocenters. The highest BCUT2D eigenvalue weighted by atomic mass is 35.5. The van der Waals surface area contributed by atoms with E-state index >= 15 is 0 Å². The first-order valence-electron chi connectivity index (χ1n) is 7.78. The monoisotopic (exact) mass is 300 g/mol. The van der Waals surface area contributed by atoms with Crippen molar-refractivity contribution in [2.75, 3.05) is 0 Å². The summed E-state index contributed by atoms with van der Waals surface area (Å²) >= 11 is 5.86. The first-order valence-corrected chi connectivity index (χ1v) is 8.16. The van der Waals surface area contributed by atoms with Crippen molar-refractivity contribution in [3.8, 4) is 0 Å². The summed E-state index contributed by atoms with van der Waals surface area (Å²) in [6, 6.07) is 4.60. The summed E-state index contributed by atoms with van der Waals surface area (Å²) in [5, 5.41) is 10.1. The SMILES string of the molecule is CCCCCCCCCCC(O)c1cccc(F)c1Cl. The first kappa shape index (κ1) is 17.5. The Morgan fingerprint density at radius 2 is 1.65 bits per heavy atom. The Kier molecular flexibility index (Phi) is 8.88. The largest absolute Gasteiger partial charge is 0.388 e.